The number of hydrogen-bond donors (Lipinski definition) is 2. The maximum absolute atomic E-state index is 13.0. The van der Waals surface area contributed by atoms with E-state index in [0.717, 1.165) is 5.56 Å². The van der Waals surface area contributed by atoms with Crippen LogP contribution in [-0.2, 0) is 33.1 Å². The first-order valence-electron chi connectivity index (χ1n) is 10.8. The van der Waals surface area contributed by atoms with Crippen molar-refractivity contribution < 1.29 is 18.0 Å². The summed E-state index contributed by atoms with van der Waals surface area (Å²) in [5.41, 5.74) is 1.09. The first kappa shape index (κ1) is 23.9. The van der Waals surface area contributed by atoms with Crippen molar-refractivity contribution >= 4 is 21.8 Å². The summed E-state index contributed by atoms with van der Waals surface area (Å²) in [4.78, 5) is 32.9. The van der Waals surface area contributed by atoms with E-state index < -0.39 is 10.0 Å². The van der Waals surface area contributed by atoms with Crippen LogP contribution in [-0.4, -0.2) is 65.3 Å². The monoisotopic (exact) mass is 462 g/mol. The smallest absolute Gasteiger partial charge is 0.262 e. The summed E-state index contributed by atoms with van der Waals surface area (Å²) in [6.07, 6.45) is 8.64. The molecule has 1 unspecified atom stereocenters. The molecule has 3 heterocycles. The van der Waals surface area contributed by atoms with Gasteiger partial charge in [0.15, 0.2) is 5.03 Å². The van der Waals surface area contributed by atoms with Gasteiger partial charge in [0.2, 0.25) is 11.8 Å². The molecule has 2 amide bonds. The third-order valence-electron chi connectivity index (χ3n) is 5.48. The molecular formula is C21H30N6O4S. The molecule has 10 nitrogen and oxygen atoms in total. The van der Waals surface area contributed by atoms with Gasteiger partial charge in [-0.15, -0.1) is 0 Å². The van der Waals surface area contributed by atoms with Gasteiger partial charge in [0, 0.05) is 64.2 Å². The van der Waals surface area contributed by atoms with E-state index in [-0.39, 0.29) is 42.3 Å². The Morgan fingerprint density at radius 3 is 2.75 bits per heavy atom. The Bertz CT molecular complexity index is 1010. The van der Waals surface area contributed by atoms with Crippen LogP contribution in [0.4, 0.5) is 0 Å². The van der Waals surface area contributed by atoms with Gasteiger partial charge in [-0.1, -0.05) is 0 Å². The molecule has 1 saturated heterocycles. The molecule has 2 aromatic heterocycles. The fraction of sp³-hybridized carbons (Fsp3) is 0.524. The molecule has 0 bridgehead atoms. The van der Waals surface area contributed by atoms with Gasteiger partial charge in [0.25, 0.3) is 10.0 Å². The van der Waals surface area contributed by atoms with Crippen LogP contribution < -0.4 is 10.6 Å². The largest absolute Gasteiger partial charge is 0.356 e. The van der Waals surface area contributed by atoms with Crippen LogP contribution in [0.15, 0.2) is 42.1 Å². The van der Waals surface area contributed by atoms with Crippen LogP contribution in [0.25, 0.3) is 0 Å². The molecule has 1 aliphatic heterocycles. The van der Waals surface area contributed by atoms with E-state index in [1.165, 1.54) is 16.8 Å². The maximum Gasteiger partial charge on any atom is 0.262 e. The summed E-state index contributed by atoms with van der Waals surface area (Å²) in [7, 11) is -2.11. The van der Waals surface area contributed by atoms with Crippen molar-refractivity contribution in [3.05, 3.63) is 42.6 Å². The highest BCUT2D eigenvalue weighted by Gasteiger charge is 2.28. The zero-order valence-electron chi connectivity index (χ0n) is 18.2. The highest BCUT2D eigenvalue weighted by Crippen LogP contribution is 2.18. The average Bonchev–Trinajstić information content (AvgIpc) is 3.20. The summed E-state index contributed by atoms with van der Waals surface area (Å²) >= 11 is 0. The van der Waals surface area contributed by atoms with Gasteiger partial charge in [-0.25, -0.2) is 13.4 Å². The lowest BCUT2D eigenvalue weighted by atomic mass is 9.98. The molecule has 0 radical (unpaired) electrons. The number of aryl methyl sites for hydroxylation is 1. The lowest BCUT2D eigenvalue weighted by Gasteiger charge is -2.21. The molecule has 0 saturated carbocycles. The summed E-state index contributed by atoms with van der Waals surface area (Å²) in [6.45, 7) is 1.20. The molecule has 1 aliphatic rings. The fourth-order valence-corrected chi connectivity index (χ4v) is 5.10. The van der Waals surface area contributed by atoms with Gasteiger partial charge >= 0.3 is 0 Å². The van der Waals surface area contributed by atoms with Gasteiger partial charge < -0.3 is 15.2 Å². The number of carbonyl (C=O) groups is 2. The van der Waals surface area contributed by atoms with E-state index in [1.807, 2.05) is 12.1 Å². The summed E-state index contributed by atoms with van der Waals surface area (Å²) in [5, 5.41) is 5.72. The molecule has 11 heteroatoms. The van der Waals surface area contributed by atoms with Gasteiger partial charge in [-0.05, 0) is 43.4 Å². The Kier molecular flexibility index (Phi) is 8.34. The van der Waals surface area contributed by atoms with Crippen molar-refractivity contribution in [2.24, 2.45) is 13.0 Å². The topological polar surface area (TPSA) is 126 Å². The second-order valence-corrected chi connectivity index (χ2v) is 9.79. The Morgan fingerprint density at radius 1 is 1.25 bits per heavy atom. The Hall–Kier alpha value is -2.79. The number of hydrogen-bond acceptors (Lipinski definition) is 6. The van der Waals surface area contributed by atoms with E-state index in [4.69, 9.17) is 0 Å². The number of carbonyl (C=O) groups excluding carboxylic acids is 2. The minimum Gasteiger partial charge on any atom is -0.356 e. The molecular weight excluding hydrogens is 432 g/mol. The minimum atomic E-state index is -3.81. The Morgan fingerprint density at radius 2 is 2.03 bits per heavy atom. The number of nitrogens with one attached hydrogen (secondary N) is 2. The molecule has 2 aromatic rings. The second-order valence-electron chi connectivity index (χ2n) is 7.91. The molecule has 3 rings (SSSR count). The number of pyridine rings is 1. The zero-order valence-corrected chi connectivity index (χ0v) is 19.1. The van der Waals surface area contributed by atoms with E-state index in [0.29, 0.717) is 38.8 Å². The number of amides is 2. The summed E-state index contributed by atoms with van der Waals surface area (Å²) in [6, 6.07) is 3.82. The van der Waals surface area contributed by atoms with Crippen LogP contribution in [0, 0.1) is 5.92 Å². The second kappa shape index (κ2) is 11.2. The van der Waals surface area contributed by atoms with Crippen molar-refractivity contribution in [1.29, 1.82) is 0 Å². The van der Waals surface area contributed by atoms with Gasteiger partial charge in [-0.3, -0.25) is 14.6 Å². The van der Waals surface area contributed by atoms with Gasteiger partial charge in [0.05, 0.1) is 6.33 Å². The SMILES string of the molecule is Cn1cnc(S(=O)(=O)N2CCCC(C(=O)NCCc3ccncc3)CCNC(=O)CC2)c1. The van der Waals surface area contributed by atoms with Crippen molar-refractivity contribution in [2.75, 3.05) is 26.2 Å². The highest BCUT2D eigenvalue weighted by atomic mass is 32.2. The normalized spacial score (nSPS) is 19.0. The number of rotatable bonds is 6. The molecule has 1 fully saturated rings. The molecule has 32 heavy (non-hydrogen) atoms. The molecule has 0 aromatic carbocycles. The molecule has 0 aliphatic carbocycles. The van der Waals surface area contributed by atoms with E-state index in [9.17, 15) is 18.0 Å². The third-order valence-corrected chi connectivity index (χ3v) is 7.27. The molecule has 1 atom stereocenters. The van der Waals surface area contributed by atoms with Gasteiger partial charge in [-0.2, -0.15) is 4.31 Å². The highest BCUT2D eigenvalue weighted by molar-refractivity contribution is 7.89. The number of imidazole rings is 1. The fourth-order valence-electron chi connectivity index (χ4n) is 3.65. The lowest BCUT2D eigenvalue weighted by molar-refractivity contribution is -0.126. The van der Waals surface area contributed by atoms with Crippen molar-refractivity contribution in [3.63, 3.8) is 0 Å². The quantitative estimate of drug-likeness (QED) is 0.643. The van der Waals surface area contributed by atoms with E-state index in [2.05, 4.69) is 20.6 Å². The number of nitrogens with zero attached hydrogens (tertiary/aromatic N) is 4. The number of sulfonamides is 1. The van der Waals surface area contributed by atoms with Crippen LogP contribution in [0.1, 0.15) is 31.2 Å². The Balaban J connectivity index is 1.61. The zero-order chi connectivity index (χ0) is 23.0. The molecule has 2 N–H and O–H groups in total. The van der Waals surface area contributed by atoms with Gasteiger partial charge in [0.1, 0.15) is 0 Å². The average molecular weight is 463 g/mol. The first-order valence-corrected chi connectivity index (χ1v) is 12.2. The Labute approximate surface area is 188 Å². The van der Waals surface area contributed by atoms with Crippen molar-refractivity contribution in [1.82, 2.24) is 29.5 Å². The predicted octanol–water partition coefficient (Wildman–Crippen LogP) is 0.471. The summed E-state index contributed by atoms with van der Waals surface area (Å²) < 4.78 is 28.8. The molecule has 174 valence electrons. The van der Waals surface area contributed by atoms with E-state index >= 15 is 0 Å². The maximum atomic E-state index is 13.0. The van der Waals surface area contributed by atoms with Crippen molar-refractivity contribution in [2.45, 2.75) is 37.1 Å². The van der Waals surface area contributed by atoms with E-state index in [1.54, 1.807) is 24.0 Å². The predicted molar refractivity (Wildman–Crippen MR) is 118 cm³/mol. The lowest BCUT2D eigenvalue weighted by Crippen LogP contribution is -2.36. The minimum absolute atomic E-state index is 0.0410. The number of aromatic nitrogens is 3. The van der Waals surface area contributed by atoms with Crippen molar-refractivity contribution in [3.8, 4) is 0 Å². The summed E-state index contributed by atoms with van der Waals surface area (Å²) in [5.74, 6) is -0.609. The van der Waals surface area contributed by atoms with Crippen LogP contribution in [0.5, 0.6) is 0 Å². The standard InChI is InChI=1S/C21H30N6O4S/c1-26-15-20(25-16-26)32(30,31)27-13-2-3-18(7-12-23-19(28)8-14-27)21(29)24-11-6-17-4-9-22-10-5-17/h4-5,9-10,15-16,18H,2-3,6-8,11-14H2,1H3,(H,23,28)(H,24,29). The third kappa shape index (κ3) is 6.60. The molecule has 0 spiro atoms. The first-order chi connectivity index (χ1) is 15.4. The van der Waals surface area contributed by atoms with Crippen LogP contribution >= 0.6 is 0 Å². The van der Waals surface area contributed by atoms with Crippen LogP contribution in [0.2, 0.25) is 0 Å². The van der Waals surface area contributed by atoms with Crippen LogP contribution in [0.3, 0.4) is 0 Å².